The van der Waals surface area contributed by atoms with Gasteiger partial charge in [-0.15, -0.1) is 0 Å². The Morgan fingerprint density at radius 3 is 2.00 bits per heavy atom. The highest BCUT2D eigenvalue weighted by molar-refractivity contribution is 5.73. The molecular weight excluding hydrogens is 184 g/mol. The molecule has 0 saturated carbocycles. The summed E-state index contributed by atoms with van der Waals surface area (Å²) in [6.07, 6.45) is -8.72. The van der Waals surface area contributed by atoms with Gasteiger partial charge < -0.3 is 30.3 Å². The molecule has 2 unspecified atom stereocenters. The Bertz CT molecular complexity index is 205. The Morgan fingerprint density at radius 1 is 1.00 bits per heavy atom. The maximum absolute atomic E-state index is 10.4. The van der Waals surface area contributed by atoms with Gasteiger partial charge in [-0.25, -0.2) is 4.79 Å². The van der Waals surface area contributed by atoms with E-state index in [1.807, 2.05) is 0 Å². The van der Waals surface area contributed by atoms with Crippen LogP contribution in [0.5, 0.6) is 0 Å². The van der Waals surface area contributed by atoms with Crippen LogP contribution in [-0.2, 0) is 9.53 Å². The van der Waals surface area contributed by atoms with E-state index < -0.39 is 36.7 Å². The first-order valence-corrected chi connectivity index (χ1v) is 3.55. The topological polar surface area (TPSA) is 127 Å². The van der Waals surface area contributed by atoms with Crippen LogP contribution in [0.1, 0.15) is 0 Å². The average Bonchev–Trinajstić information content (AvgIpc) is 2.07. The third-order valence-corrected chi connectivity index (χ3v) is 1.83. The average molecular weight is 194 g/mol. The van der Waals surface area contributed by atoms with E-state index in [9.17, 15) is 4.79 Å². The molecule has 0 aromatic carbocycles. The normalized spacial score (nSPS) is 46.0. The second-order valence-electron chi connectivity index (χ2n) is 2.76. The molecule has 1 saturated heterocycles. The predicted octanol–water partition coefficient (Wildman–Crippen LogP) is -3.13. The van der Waals surface area contributed by atoms with Gasteiger partial charge in [0.25, 0.3) is 0 Å². The zero-order valence-electron chi connectivity index (χ0n) is 6.44. The number of carboxylic acids is 1. The molecule has 0 radical (unpaired) electrons. The highest BCUT2D eigenvalue weighted by Gasteiger charge is 2.46. The summed E-state index contributed by atoms with van der Waals surface area (Å²) in [4.78, 5) is 10.4. The highest BCUT2D eigenvalue weighted by Crippen LogP contribution is 2.19. The molecule has 0 aromatic heterocycles. The molecule has 1 aliphatic heterocycles. The Hall–Kier alpha value is -0.730. The molecule has 1 aliphatic rings. The number of aliphatic hydroxyl groups excluding tert-OH is 4. The second-order valence-corrected chi connectivity index (χ2v) is 2.76. The van der Waals surface area contributed by atoms with Gasteiger partial charge in [-0.3, -0.25) is 0 Å². The lowest BCUT2D eigenvalue weighted by atomic mass is 9.99. The van der Waals surface area contributed by atoms with Gasteiger partial charge in [0.05, 0.1) is 0 Å². The van der Waals surface area contributed by atoms with Crippen LogP contribution in [0.15, 0.2) is 0 Å². The first-order valence-electron chi connectivity index (χ1n) is 3.55. The minimum absolute atomic E-state index is 1.52. The Balaban J connectivity index is 2.76. The molecular formula is C6H10O7. The molecule has 0 amide bonds. The van der Waals surface area contributed by atoms with Crippen molar-refractivity contribution in [3.63, 3.8) is 0 Å². The lowest BCUT2D eigenvalue weighted by molar-refractivity contribution is -0.279. The molecule has 1 heterocycles. The number of rotatable bonds is 1. The highest BCUT2D eigenvalue weighted by atomic mass is 16.6. The van der Waals surface area contributed by atoms with Crippen LogP contribution < -0.4 is 0 Å². The third-order valence-electron chi connectivity index (χ3n) is 1.83. The number of carbonyl (C=O) groups is 1. The fourth-order valence-electron chi connectivity index (χ4n) is 1.07. The summed E-state index contributed by atoms with van der Waals surface area (Å²) in [5.41, 5.74) is 0. The van der Waals surface area contributed by atoms with Crippen LogP contribution in [0.4, 0.5) is 0 Å². The minimum Gasteiger partial charge on any atom is -0.479 e. The van der Waals surface area contributed by atoms with Crippen LogP contribution in [0.3, 0.4) is 0 Å². The van der Waals surface area contributed by atoms with Gasteiger partial charge >= 0.3 is 5.97 Å². The Morgan fingerprint density at radius 2 is 1.54 bits per heavy atom. The smallest absolute Gasteiger partial charge is 0.335 e. The maximum Gasteiger partial charge on any atom is 0.335 e. The summed E-state index contributed by atoms with van der Waals surface area (Å²) in [7, 11) is 0. The van der Waals surface area contributed by atoms with Gasteiger partial charge in [0.15, 0.2) is 12.4 Å². The van der Waals surface area contributed by atoms with Crippen LogP contribution in [0.25, 0.3) is 0 Å². The van der Waals surface area contributed by atoms with E-state index in [2.05, 4.69) is 4.74 Å². The van der Waals surface area contributed by atoms with E-state index >= 15 is 0 Å². The number of hydrogen-bond donors (Lipinski definition) is 5. The van der Waals surface area contributed by atoms with Crippen LogP contribution >= 0.6 is 0 Å². The van der Waals surface area contributed by atoms with E-state index in [4.69, 9.17) is 25.5 Å². The number of ether oxygens (including phenoxy) is 1. The Kier molecular flexibility index (Phi) is 2.84. The fraction of sp³-hybridized carbons (Fsp3) is 0.833. The number of hydrogen-bond acceptors (Lipinski definition) is 6. The number of aliphatic hydroxyl groups is 4. The van der Waals surface area contributed by atoms with Crippen LogP contribution in [0.2, 0.25) is 0 Å². The maximum atomic E-state index is 10.4. The van der Waals surface area contributed by atoms with Crippen molar-refractivity contribution in [2.24, 2.45) is 0 Å². The van der Waals surface area contributed by atoms with Crippen LogP contribution in [0, 0.1) is 0 Å². The summed E-state index contributed by atoms with van der Waals surface area (Å²) < 4.78 is 4.34. The van der Waals surface area contributed by atoms with Crippen molar-refractivity contribution in [2.45, 2.75) is 30.7 Å². The molecule has 7 heteroatoms. The van der Waals surface area contributed by atoms with Crippen molar-refractivity contribution in [1.82, 2.24) is 0 Å². The molecule has 0 aliphatic carbocycles. The fourth-order valence-corrected chi connectivity index (χ4v) is 1.07. The SMILES string of the molecule is O=C(O)C1OC(O)[C@H](O)[C@@H](O)[C@H]1O. The van der Waals surface area contributed by atoms with Crippen molar-refractivity contribution in [3.05, 3.63) is 0 Å². The van der Waals surface area contributed by atoms with Crippen molar-refractivity contribution < 1.29 is 35.1 Å². The summed E-state index contributed by atoms with van der Waals surface area (Å²) >= 11 is 0. The quantitative estimate of drug-likeness (QED) is 0.298. The van der Waals surface area contributed by atoms with Crippen molar-refractivity contribution in [1.29, 1.82) is 0 Å². The minimum atomic E-state index is -1.81. The zero-order chi connectivity index (χ0) is 10.2. The van der Waals surface area contributed by atoms with Gasteiger partial charge in [-0.1, -0.05) is 0 Å². The van der Waals surface area contributed by atoms with Crippen LogP contribution in [-0.4, -0.2) is 62.2 Å². The van der Waals surface area contributed by atoms with Gasteiger partial charge in [0.1, 0.15) is 18.3 Å². The Labute approximate surface area is 72.8 Å². The van der Waals surface area contributed by atoms with E-state index in [1.165, 1.54) is 0 Å². The summed E-state index contributed by atoms with van der Waals surface area (Å²) in [6.45, 7) is 0. The second kappa shape index (κ2) is 3.56. The lowest BCUT2D eigenvalue weighted by Gasteiger charge is -2.36. The molecule has 0 bridgehead atoms. The van der Waals surface area contributed by atoms with Crippen molar-refractivity contribution in [2.75, 3.05) is 0 Å². The summed E-state index contributed by atoms with van der Waals surface area (Å²) in [5, 5.41) is 44.4. The number of carboxylic acid groups (broad SMARTS) is 1. The molecule has 76 valence electrons. The summed E-state index contributed by atoms with van der Waals surface area (Å²) in [6, 6.07) is 0. The number of aliphatic carboxylic acids is 1. The molecule has 13 heavy (non-hydrogen) atoms. The molecule has 7 nitrogen and oxygen atoms in total. The lowest BCUT2D eigenvalue weighted by Crippen LogP contribution is -2.59. The molecule has 1 rings (SSSR count). The van der Waals surface area contributed by atoms with Gasteiger partial charge in [-0.05, 0) is 0 Å². The van der Waals surface area contributed by atoms with E-state index in [0.29, 0.717) is 0 Å². The van der Waals surface area contributed by atoms with Crippen molar-refractivity contribution >= 4 is 5.97 Å². The van der Waals surface area contributed by atoms with Gasteiger partial charge in [0, 0.05) is 0 Å². The standard InChI is InChI=1S/C6H10O7/c7-1-2(8)4(5(10)11)13-6(12)3(1)9/h1-4,6-9,12H,(H,10,11)/t1-,2+,3+,4?,6?/m0/s1. The van der Waals surface area contributed by atoms with E-state index in [-0.39, 0.29) is 0 Å². The monoisotopic (exact) mass is 194 g/mol. The largest absolute Gasteiger partial charge is 0.479 e. The zero-order valence-corrected chi connectivity index (χ0v) is 6.44. The molecule has 1 fully saturated rings. The van der Waals surface area contributed by atoms with Crippen molar-refractivity contribution in [3.8, 4) is 0 Å². The van der Waals surface area contributed by atoms with E-state index in [0.717, 1.165) is 0 Å². The molecule has 5 N–H and O–H groups in total. The molecule has 0 aromatic rings. The van der Waals surface area contributed by atoms with Gasteiger partial charge in [-0.2, -0.15) is 0 Å². The third kappa shape index (κ3) is 1.79. The summed E-state index contributed by atoms with van der Waals surface area (Å²) in [5.74, 6) is -1.52. The van der Waals surface area contributed by atoms with E-state index in [1.54, 1.807) is 0 Å². The van der Waals surface area contributed by atoms with Gasteiger partial charge in [0.2, 0.25) is 0 Å². The molecule has 5 atom stereocenters. The first kappa shape index (κ1) is 10.4. The molecule has 0 spiro atoms. The predicted molar refractivity (Wildman–Crippen MR) is 36.5 cm³/mol. The first-order chi connectivity index (χ1) is 5.95.